The molecule has 0 unspecified atom stereocenters. The first-order valence-corrected chi connectivity index (χ1v) is 8.84. The van der Waals surface area contributed by atoms with Crippen molar-refractivity contribution in [2.75, 3.05) is 19.8 Å². The minimum Gasteiger partial charge on any atom is -0.383 e. The van der Waals surface area contributed by atoms with Gasteiger partial charge in [-0.15, -0.1) is 0 Å². The molecule has 1 aliphatic rings. The van der Waals surface area contributed by atoms with Gasteiger partial charge in [0, 0.05) is 25.8 Å². The van der Waals surface area contributed by atoms with E-state index >= 15 is 0 Å². The summed E-state index contributed by atoms with van der Waals surface area (Å²) in [6.45, 7) is 7.67. The molecular formula is C14H23NO2Si. The van der Waals surface area contributed by atoms with Crippen LogP contribution >= 0.6 is 0 Å². The van der Waals surface area contributed by atoms with Crippen molar-refractivity contribution in [1.29, 1.82) is 0 Å². The highest BCUT2D eigenvalue weighted by molar-refractivity contribution is 6.65. The second-order valence-electron chi connectivity index (χ2n) is 4.59. The smallest absolute Gasteiger partial charge is 0.383 e. The van der Waals surface area contributed by atoms with Crippen molar-refractivity contribution in [3.05, 3.63) is 35.9 Å². The fraction of sp³-hybridized carbons (Fsp3) is 0.571. The minimum absolute atomic E-state index is 0.748. The summed E-state index contributed by atoms with van der Waals surface area (Å²) >= 11 is 0. The predicted molar refractivity (Wildman–Crippen MR) is 75.3 cm³/mol. The maximum atomic E-state index is 6.06. The van der Waals surface area contributed by atoms with Gasteiger partial charge in [-0.25, -0.2) is 0 Å². The van der Waals surface area contributed by atoms with E-state index in [1.54, 1.807) is 0 Å². The molecule has 0 radical (unpaired) electrons. The summed E-state index contributed by atoms with van der Waals surface area (Å²) in [6.07, 6.45) is 1.19. The molecule has 1 fully saturated rings. The third kappa shape index (κ3) is 3.01. The first kappa shape index (κ1) is 13.7. The van der Waals surface area contributed by atoms with Crippen molar-refractivity contribution < 1.29 is 8.85 Å². The summed E-state index contributed by atoms with van der Waals surface area (Å²) in [4.78, 5) is 0. The summed E-state index contributed by atoms with van der Waals surface area (Å²) in [5, 5.41) is 0. The number of rotatable bonds is 6. The summed E-state index contributed by atoms with van der Waals surface area (Å²) in [5.74, 6) is 0. The third-order valence-electron chi connectivity index (χ3n) is 3.36. The van der Waals surface area contributed by atoms with E-state index in [1.165, 1.54) is 12.0 Å². The maximum absolute atomic E-state index is 6.06. The quantitative estimate of drug-likeness (QED) is 0.738. The van der Waals surface area contributed by atoms with Gasteiger partial charge in [0.25, 0.3) is 0 Å². The summed E-state index contributed by atoms with van der Waals surface area (Å²) < 4.78 is 14.6. The molecule has 1 aromatic rings. The lowest BCUT2D eigenvalue weighted by Gasteiger charge is -2.34. The van der Waals surface area contributed by atoms with E-state index in [-0.39, 0.29) is 0 Å². The molecule has 100 valence electrons. The van der Waals surface area contributed by atoms with Crippen LogP contribution in [0.4, 0.5) is 0 Å². The molecule has 0 aliphatic carbocycles. The van der Waals surface area contributed by atoms with Gasteiger partial charge >= 0.3 is 8.72 Å². The van der Waals surface area contributed by atoms with Crippen molar-refractivity contribution in [1.82, 2.24) is 4.57 Å². The zero-order valence-corrected chi connectivity index (χ0v) is 12.4. The number of hydrogen-bond acceptors (Lipinski definition) is 3. The van der Waals surface area contributed by atoms with Crippen molar-refractivity contribution in [2.45, 2.75) is 32.9 Å². The first-order chi connectivity index (χ1) is 8.80. The third-order valence-corrected chi connectivity index (χ3v) is 7.17. The molecule has 1 aromatic carbocycles. The zero-order valence-electron chi connectivity index (χ0n) is 11.4. The lowest BCUT2D eigenvalue weighted by Crippen LogP contribution is -2.54. The van der Waals surface area contributed by atoms with Crippen molar-refractivity contribution in [2.24, 2.45) is 0 Å². The van der Waals surface area contributed by atoms with E-state index in [0.717, 1.165) is 32.3 Å². The van der Waals surface area contributed by atoms with Crippen molar-refractivity contribution in [3.8, 4) is 0 Å². The Morgan fingerprint density at radius 3 is 2.39 bits per heavy atom. The maximum Gasteiger partial charge on any atom is 0.428 e. The molecule has 1 saturated heterocycles. The van der Waals surface area contributed by atoms with E-state index in [1.807, 2.05) is 0 Å². The molecule has 4 heteroatoms. The van der Waals surface area contributed by atoms with Gasteiger partial charge in [-0.05, 0) is 32.4 Å². The van der Waals surface area contributed by atoms with Gasteiger partial charge in [0.1, 0.15) is 0 Å². The van der Waals surface area contributed by atoms with Crippen LogP contribution in [-0.2, 0) is 15.4 Å². The number of nitrogens with zero attached hydrogens (tertiary/aromatic N) is 1. The molecule has 0 bridgehead atoms. The molecule has 1 heterocycles. The Labute approximate surface area is 111 Å². The van der Waals surface area contributed by atoms with Gasteiger partial charge in [-0.1, -0.05) is 30.3 Å². The van der Waals surface area contributed by atoms with E-state index in [4.69, 9.17) is 8.85 Å². The number of benzene rings is 1. The second kappa shape index (κ2) is 6.47. The van der Waals surface area contributed by atoms with E-state index in [2.05, 4.69) is 48.7 Å². The second-order valence-corrected chi connectivity index (χ2v) is 7.72. The Morgan fingerprint density at radius 1 is 1.11 bits per heavy atom. The SMILES string of the molecule is CCO[Si]1(OCC)CCCN1Cc1ccccc1. The standard InChI is InChI=1S/C14H23NO2Si/c1-3-16-18(17-4-2)12-8-11-15(18)13-14-9-6-5-7-10-14/h5-7,9-10H,3-4,8,11-13H2,1-2H3. The molecule has 0 aromatic heterocycles. The van der Waals surface area contributed by atoms with Crippen molar-refractivity contribution in [3.63, 3.8) is 0 Å². The molecule has 0 spiro atoms. The van der Waals surface area contributed by atoms with Crippen LogP contribution in [0.2, 0.25) is 6.04 Å². The Balaban J connectivity index is 2.09. The van der Waals surface area contributed by atoms with Crippen LogP contribution in [0, 0.1) is 0 Å². The van der Waals surface area contributed by atoms with Crippen LogP contribution in [0.15, 0.2) is 30.3 Å². The highest BCUT2D eigenvalue weighted by atomic mass is 28.4. The van der Waals surface area contributed by atoms with Crippen LogP contribution in [0.1, 0.15) is 25.8 Å². The summed E-state index contributed by atoms with van der Waals surface area (Å²) in [6, 6.07) is 11.7. The average molecular weight is 265 g/mol. The van der Waals surface area contributed by atoms with Gasteiger partial charge < -0.3 is 8.85 Å². The summed E-state index contributed by atoms with van der Waals surface area (Å²) in [7, 11) is -2.11. The predicted octanol–water partition coefficient (Wildman–Crippen LogP) is 2.90. The molecule has 3 nitrogen and oxygen atoms in total. The minimum atomic E-state index is -2.11. The molecule has 0 amide bonds. The van der Waals surface area contributed by atoms with Gasteiger partial charge in [0.2, 0.25) is 0 Å². The lowest BCUT2D eigenvalue weighted by molar-refractivity contribution is 0.134. The molecule has 0 saturated carbocycles. The highest BCUT2D eigenvalue weighted by Crippen LogP contribution is 2.29. The monoisotopic (exact) mass is 265 g/mol. The zero-order chi connectivity index (χ0) is 12.8. The molecule has 0 atom stereocenters. The van der Waals surface area contributed by atoms with Gasteiger partial charge in [-0.2, -0.15) is 0 Å². The molecular weight excluding hydrogens is 242 g/mol. The Kier molecular flexibility index (Phi) is 4.94. The molecule has 1 aliphatic heterocycles. The van der Waals surface area contributed by atoms with Gasteiger partial charge in [0.05, 0.1) is 0 Å². The van der Waals surface area contributed by atoms with E-state index < -0.39 is 8.72 Å². The van der Waals surface area contributed by atoms with Crippen LogP contribution in [0.25, 0.3) is 0 Å². The van der Waals surface area contributed by atoms with Crippen LogP contribution < -0.4 is 0 Å². The normalized spacial score (nSPS) is 19.2. The Hall–Kier alpha value is -0.683. The topological polar surface area (TPSA) is 21.7 Å². The number of hydrogen-bond donors (Lipinski definition) is 0. The van der Waals surface area contributed by atoms with Crippen molar-refractivity contribution >= 4 is 8.72 Å². The Bertz CT molecular complexity index is 352. The van der Waals surface area contributed by atoms with E-state index in [9.17, 15) is 0 Å². The van der Waals surface area contributed by atoms with Gasteiger partial charge in [0.15, 0.2) is 0 Å². The molecule has 0 N–H and O–H groups in total. The highest BCUT2D eigenvalue weighted by Gasteiger charge is 2.48. The van der Waals surface area contributed by atoms with Gasteiger partial charge in [-0.3, -0.25) is 4.57 Å². The first-order valence-electron chi connectivity index (χ1n) is 6.87. The van der Waals surface area contributed by atoms with Crippen LogP contribution in [0.5, 0.6) is 0 Å². The molecule has 18 heavy (non-hydrogen) atoms. The van der Waals surface area contributed by atoms with E-state index in [0.29, 0.717) is 0 Å². The largest absolute Gasteiger partial charge is 0.428 e. The fourth-order valence-electron chi connectivity index (χ4n) is 2.64. The lowest BCUT2D eigenvalue weighted by atomic mass is 10.2. The molecule has 2 rings (SSSR count). The van der Waals surface area contributed by atoms with Crippen LogP contribution in [0.3, 0.4) is 0 Å². The fourth-order valence-corrected chi connectivity index (χ4v) is 6.13. The average Bonchev–Trinajstić information content (AvgIpc) is 2.75. The summed E-state index contributed by atoms with van der Waals surface area (Å²) in [5.41, 5.74) is 1.34. The Morgan fingerprint density at radius 2 is 1.78 bits per heavy atom. The van der Waals surface area contributed by atoms with Crippen LogP contribution in [-0.4, -0.2) is 33.0 Å².